The van der Waals surface area contributed by atoms with E-state index in [-0.39, 0.29) is 0 Å². The van der Waals surface area contributed by atoms with Gasteiger partial charge in [0.05, 0.1) is 0 Å². The lowest BCUT2D eigenvalue weighted by Gasteiger charge is -2.13. The van der Waals surface area contributed by atoms with Crippen LogP contribution in [0.5, 0.6) is 0 Å². The van der Waals surface area contributed by atoms with Crippen molar-refractivity contribution in [1.82, 2.24) is 0 Å². The molecule has 0 atom stereocenters. The Morgan fingerprint density at radius 2 is 2.11 bits per heavy atom. The van der Waals surface area contributed by atoms with E-state index in [1.807, 2.05) is 6.92 Å². The highest BCUT2D eigenvalue weighted by atomic mass is 35.5. The smallest absolute Gasteiger partial charge is 0.319 e. The van der Waals surface area contributed by atoms with E-state index in [1.165, 1.54) is 0 Å². The summed E-state index contributed by atoms with van der Waals surface area (Å²) in [4.78, 5) is 23.0. The van der Waals surface area contributed by atoms with Crippen LogP contribution in [0.15, 0.2) is 18.2 Å². The Morgan fingerprint density at radius 3 is 2.61 bits per heavy atom. The first-order valence-corrected chi connectivity index (χ1v) is 6.20. The van der Waals surface area contributed by atoms with Gasteiger partial charge in [0.1, 0.15) is 5.41 Å². The highest BCUT2D eigenvalue weighted by Crippen LogP contribution is 2.46. The third kappa shape index (κ3) is 2.20. The van der Waals surface area contributed by atoms with Gasteiger partial charge in [-0.25, -0.2) is 0 Å². The first kappa shape index (κ1) is 12.9. The van der Waals surface area contributed by atoms with Gasteiger partial charge in [-0.3, -0.25) is 9.59 Å². The van der Waals surface area contributed by atoms with Crippen LogP contribution in [0.2, 0.25) is 5.02 Å². The minimum atomic E-state index is -1.22. The van der Waals surface area contributed by atoms with Crippen molar-refractivity contribution in [3.8, 4) is 0 Å². The number of hydrogen-bond acceptors (Lipinski definition) is 2. The zero-order chi connectivity index (χ0) is 13.3. The first-order valence-electron chi connectivity index (χ1n) is 5.83. The Morgan fingerprint density at radius 1 is 1.44 bits per heavy atom. The summed E-state index contributed by atoms with van der Waals surface area (Å²) in [6.45, 7) is 1.95. The van der Waals surface area contributed by atoms with Gasteiger partial charge in [-0.15, -0.1) is 0 Å². The minimum absolute atomic E-state index is 0.406. The lowest BCUT2D eigenvalue weighted by molar-refractivity contribution is -0.147. The molecule has 4 nitrogen and oxygen atoms in total. The number of halogens is 1. The molecule has 1 fully saturated rings. The maximum atomic E-state index is 12.0. The quantitative estimate of drug-likeness (QED) is 0.825. The van der Waals surface area contributed by atoms with Crippen LogP contribution in [-0.2, 0) is 16.0 Å². The average Bonchev–Trinajstić information content (AvgIpc) is 3.12. The number of nitrogens with one attached hydrogen (secondary N) is 1. The molecule has 0 saturated heterocycles. The second-order valence-corrected chi connectivity index (χ2v) is 4.93. The number of carboxylic acid groups (broad SMARTS) is 1. The largest absolute Gasteiger partial charge is 0.480 e. The molecule has 0 spiro atoms. The zero-order valence-electron chi connectivity index (χ0n) is 10.00. The summed E-state index contributed by atoms with van der Waals surface area (Å²) in [7, 11) is 0. The SMILES string of the molecule is CCc1cc(Cl)ccc1NC(=O)C1(C(=O)O)CC1. The van der Waals surface area contributed by atoms with E-state index < -0.39 is 17.3 Å². The predicted molar refractivity (Wildman–Crippen MR) is 68.8 cm³/mol. The van der Waals surface area contributed by atoms with Crippen molar-refractivity contribution in [2.45, 2.75) is 26.2 Å². The average molecular weight is 268 g/mol. The molecule has 1 amide bonds. The van der Waals surface area contributed by atoms with Gasteiger partial charge in [-0.2, -0.15) is 0 Å². The number of aliphatic carboxylic acids is 1. The second-order valence-electron chi connectivity index (χ2n) is 4.50. The maximum Gasteiger partial charge on any atom is 0.319 e. The number of aryl methyl sites for hydroxylation is 1. The molecule has 1 aromatic carbocycles. The molecule has 0 radical (unpaired) electrons. The Labute approximate surface area is 110 Å². The summed E-state index contributed by atoms with van der Waals surface area (Å²) >= 11 is 5.88. The molecule has 0 aliphatic heterocycles. The third-order valence-electron chi connectivity index (χ3n) is 3.29. The van der Waals surface area contributed by atoms with Crippen LogP contribution >= 0.6 is 11.6 Å². The molecule has 1 aliphatic carbocycles. The van der Waals surface area contributed by atoms with Crippen molar-refractivity contribution < 1.29 is 14.7 Å². The Kier molecular flexibility index (Phi) is 3.30. The van der Waals surface area contributed by atoms with E-state index in [0.29, 0.717) is 23.6 Å². The van der Waals surface area contributed by atoms with Crippen molar-refractivity contribution in [3.63, 3.8) is 0 Å². The molecular weight excluding hydrogens is 254 g/mol. The topological polar surface area (TPSA) is 66.4 Å². The Bertz CT molecular complexity index is 509. The Balaban J connectivity index is 2.20. The van der Waals surface area contributed by atoms with Crippen molar-refractivity contribution >= 4 is 29.2 Å². The monoisotopic (exact) mass is 267 g/mol. The van der Waals surface area contributed by atoms with E-state index in [2.05, 4.69) is 5.32 Å². The normalized spacial score (nSPS) is 16.1. The number of benzene rings is 1. The maximum absolute atomic E-state index is 12.0. The summed E-state index contributed by atoms with van der Waals surface area (Å²) in [6.07, 6.45) is 1.53. The van der Waals surface area contributed by atoms with E-state index in [4.69, 9.17) is 16.7 Å². The fraction of sp³-hybridized carbons (Fsp3) is 0.385. The van der Waals surface area contributed by atoms with Gasteiger partial charge in [-0.05, 0) is 43.0 Å². The summed E-state index contributed by atoms with van der Waals surface area (Å²) in [5.41, 5.74) is 0.321. The molecule has 0 heterocycles. The van der Waals surface area contributed by atoms with E-state index in [1.54, 1.807) is 18.2 Å². The fourth-order valence-electron chi connectivity index (χ4n) is 1.88. The summed E-state index contributed by atoms with van der Waals surface area (Å²) in [5, 5.41) is 12.3. The van der Waals surface area contributed by atoms with Crippen molar-refractivity contribution in [3.05, 3.63) is 28.8 Å². The van der Waals surface area contributed by atoms with Crippen LogP contribution in [-0.4, -0.2) is 17.0 Å². The molecule has 0 unspecified atom stereocenters. The lowest BCUT2D eigenvalue weighted by Crippen LogP contribution is -2.31. The molecule has 1 saturated carbocycles. The molecule has 18 heavy (non-hydrogen) atoms. The van der Waals surface area contributed by atoms with Gasteiger partial charge >= 0.3 is 5.97 Å². The van der Waals surface area contributed by atoms with E-state index in [9.17, 15) is 9.59 Å². The van der Waals surface area contributed by atoms with Crippen LogP contribution in [0, 0.1) is 5.41 Å². The Hall–Kier alpha value is -1.55. The standard InChI is InChI=1S/C13H14ClNO3/c1-2-8-7-9(14)3-4-10(8)15-11(16)13(5-6-13)12(17)18/h3-4,7H,2,5-6H2,1H3,(H,15,16)(H,17,18). The van der Waals surface area contributed by atoms with Crippen LogP contribution in [0.3, 0.4) is 0 Å². The van der Waals surface area contributed by atoms with Crippen molar-refractivity contribution in [2.24, 2.45) is 5.41 Å². The second kappa shape index (κ2) is 4.61. The van der Waals surface area contributed by atoms with Gasteiger partial charge in [0, 0.05) is 10.7 Å². The van der Waals surface area contributed by atoms with Crippen LogP contribution < -0.4 is 5.32 Å². The van der Waals surface area contributed by atoms with Crippen molar-refractivity contribution in [1.29, 1.82) is 0 Å². The van der Waals surface area contributed by atoms with Gasteiger partial charge in [0.2, 0.25) is 5.91 Å². The predicted octanol–water partition coefficient (Wildman–Crippen LogP) is 2.71. The first-order chi connectivity index (χ1) is 8.49. The van der Waals surface area contributed by atoms with E-state index >= 15 is 0 Å². The number of amides is 1. The molecular formula is C13H14ClNO3. The molecule has 0 aromatic heterocycles. The highest BCUT2D eigenvalue weighted by Gasteiger charge is 2.57. The van der Waals surface area contributed by atoms with Gasteiger partial charge < -0.3 is 10.4 Å². The molecule has 2 rings (SSSR count). The van der Waals surface area contributed by atoms with Gasteiger partial charge in [-0.1, -0.05) is 18.5 Å². The number of carbonyl (C=O) groups is 2. The molecule has 2 N–H and O–H groups in total. The number of rotatable bonds is 4. The highest BCUT2D eigenvalue weighted by molar-refractivity contribution is 6.30. The lowest BCUT2D eigenvalue weighted by atomic mass is 10.1. The summed E-state index contributed by atoms with van der Waals surface area (Å²) in [5.74, 6) is -1.49. The van der Waals surface area contributed by atoms with Crippen LogP contribution in [0.25, 0.3) is 0 Å². The number of anilines is 1. The molecule has 96 valence electrons. The third-order valence-corrected chi connectivity index (χ3v) is 3.53. The van der Waals surface area contributed by atoms with Gasteiger partial charge in [0.25, 0.3) is 0 Å². The van der Waals surface area contributed by atoms with Crippen molar-refractivity contribution in [2.75, 3.05) is 5.32 Å². The molecule has 5 heteroatoms. The number of hydrogen-bond donors (Lipinski definition) is 2. The van der Waals surface area contributed by atoms with E-state index in [0.717, 1.165) is 12.0 Å². The number of carboxylic acids is 1. The molecule has 1 aliphatic rings. The summed E-state index contributed by atoms with van der Waals surface area (Å²) < 4.78 is 0. The minimum Gasteiger partial charge on any atom is -0.480 e. The fourth-order valence-corrected chi connectivity index (χ4v) is 2.08. The molecule has 1 aromatic rings. The van der Waals surface area contributed by atoms with Gasteiger partial charge in [0.15, 0.2) is 0 Å². The molecule has 0 bridgehead atoms. The zero-order valence-corrected chi connectivity index (χ0v) is 10.8. The summed E-state index contributed by atoms with van der Waals surface area (Å²) in [6, 6.07) is 5.16. The van der Waals surface area contributed by atoms with Crippen LogP contribution in [0.4, 0.5) is 5.69 Å². The number of carbonyl (C=O) groups excluding carboxylic acids is 1. The van der Waals surface area contributed by atoms with Crippen LogP contribution in [0.1, 0.15) is 25.3 Å².